The fourth-order valence-corrected chi connectivity index (χ4v) is 1.30. The maximum absolute atomic E-state index is 10.4. The van der Waals surface area contributed by atoms with Gasteiger partial charge in [0.05, 0.1) is 4.90 Å². The molecule has 2 N–H and O–H groups in total. The molecule has 0 heterocycles. The van der Waals surface area contributed by atoms with Gasteiger partial charge in [-0.2, -0.15) is 0 Å². The van der Waals surface area contributed by atoms with Crippen molar-refractivity contribution in [2.24, 2.45) is 0 Å². The molecule has 0 aromatic heterocycles. The van der Waals surface area contributed by atoms with Crippen LogP contribution in [0.4, 0.5) is 0 Å². The average molecular weight is 189 g/mol. The van der Waals surface area contributed by atoms with Crippen LogP contribution in [0.2, 0.25) is 0 Å². The SMILES string of the molecule is O=S(=O)([O-])c1cccc(O)c1O. The summed E-state index contributed by atoms with van der Waals surface area (Å²) in [5.41, 5.74) is 0. The molecule has 0 saturated carbocycles. The maximum atomic E-state index is 10.4. The molecule has 0 aliphatic heterocycles. The first-order chi connectivity index (χ1) is 5.43. The number of benzene rings is 1. The zero-order valence-corrected chi connectivity index (χ0v) is 6.58. The van der Waals surface area contributed by atoms with Crippen LogP contribution in [-0.4, -0.2) is 23.2 Å². The van der Waals surface area contributed by atoms with Gasteiger partial charge in [0.15, 0.2) is 11.5 Å². The molecule has 1 aromatic rings. The standard InChI is InChI=1S/C6H6O5S/c7-4-2-1-3-5(6(4)8)12(9,10)11/h1-3,7-8H,(H,9,10,11)/p-1. The summed E-state index contributed by atoms with van der Waals surface area (Å²) in [7, 11) is -4.72. The largest absolute Gasteiger partial charge is 0.744 e. The van der Waals surface area contributed by atoms with Crippen molar-refractivity contribution in [1.82, 2.24) is 0 Å². The Hall–Kier alpha value is -1.27. The Balaban J connectivity index is 3.47. The Labute approximate surface area is 68.6 Å². The van der Waals surface area contributed by atoms with Crippen molar-refractivity contribution < 1.29 is 23.2 Å². The predicted octanol–water partition coefficient (Wildman–Crippen LogP) is 0.00190. The van der Waals surface area contributed by atoms with Gasteiger partial charge in [-0.25, -0.2) is 8.42 Å². The molecular weight excluding hydrogens is 184 g/mol. The molecule has 0 bridgehead atoms. The second-order valence-electron chi connectivity index (χ2n) is 2.08. The third kappa shape index (κ3) is 1.49. The van der Waals surface area contributed by atoms with Gasteiger partial charge in [0, 0.05) is 0 Å². The molecule has 12 heavy (non-hydrogen) atoms. The zero-order valence-electron chi connectivity index (χ0n) is 5.76. The van der Waals surface area contributed by atoms with Gasteiger partial charge < -0.3 is 14.8 Å². The molecule has 0 radical (unpaired) electrons. The summed E-state index contributed by atoms with van der Waals surface area (Å²) < 4.78 is 31.1. The van der Waals surface area contributed by atoms with Crippen molar-refractivity contribution >= 4 is 10.1 Å². The molecule has 0 atom stereocenters. The number of phenols is 2. The minimum atomic E-state index is -4.72. The average Bonchev–Trinajstić information content (AvgIpc) is 1.92. The molecule has 0 amide bonds. The lowest BCUT2D eigenvalue weighted by molar-refractivity contribution is 0.387. The molecule has 1 aromatic carbocycles. The van der Waals surface area contributed by atoms with Crippen LogP contribution >= 0.6 is 0 Å². The van der Waals surface area contributed by atoms with E-state index in [2.05, 4.69) is 0 Å². The normalized spacial score (nSPS) is 11.4. The van der Waals surface area contributed by atoms with Gasteiger partial charge in [-0.1, -0.05) is 6.07 Å². The second-order valence-corrected chi connectivity index (χ2v) is 3.43. The Morgan fingerprint density at radius 3 is 2.25 bits per heavy atom. The Morgan fingerprint density at radius 2 is 1.83 bits per heavy atom. The lowest BCUT2D eigenvalue weighted by Crippen LogP contribution is -1.98. The number of rotatable bonds is 1. The minimum Gasteiger partial charge on any atom is -0.744 e. The lowest BCUT2D eigenvalue weighted by Gasteiger charge is -2.08. The number of aromatic hydroxyl groups is 2. The first-order valence-corrected chi connectivity index (χ1v) is 4.30. The van der Waals surface area contributed by atoms with Crippen molar-refractivity contribution in [2.75, 3.05) is 0 Å². The summed E-state index contributed by atoms with van der Waals surface area (Å²) in [6, 6.07) is 3.14. The van der Waals surface area contributed by atoms with Crippen LogP contribution < -0.4 is 0 Å². The van der Waals surface area contributed by atoms with Gasteiger partial charge in [-0.15, -0.1) is 0 Å². The highest BCUT2D eigenvalue weighted by molar-refractivity contribution is 7.85. The molecule has 0 aliphatic carbocycles. The molecule has 66 valence electrons. The molecule has 5 nitrogen and oxygen atoms in total. The van der Waals surface area contributed by atoms with Crippen molar-refractivity contribution in [3.8, 4) is 11.5 Å². The van der Waals surface area contributed by atoms with E-state index < -0.39 is 26.5 Å². The highest BCUT2D eigenvalue weighted by Gasteiger charge is 2.10. The van der Waals surface area contributed by atoms with E-state index in [-0.39, 0.29) is 0 Å². The molecule has 1 rings (SSSR count). The topological polar surface area (TPSA) is 97.7 Å². The van der Waals surface area contributed by atoms with Crippen molar-refractivity contribution in [1.29, 1.82) is 0 Å². The van der Waals surface area contributed by atoms with Crippen LogP contribution in [0.25, 0.3) is 0 Å². The summed E-state index contributed by atoms with van der Waals surface area (Å²) in [6.07, 6.45) is 0. The van der Waals surface area contributed by atoms with Gasteiger partial charge in [0.1, 0.15) is 10.1 Å². The van der Waals surface area contributed by atoms with Gasteiger partial charge in [0.2, 0.25) is 0 Å². The summed E-state index contributed by atoms with van der Waals surface area (Å²) in [6.45, 7) is 0. The molecule has 0 spiro atoms. The quantitative estimate of drug-likeness (QED) is 0.478. The summed E-state index contributed by atoms with van der Waals surface area (Å²) >= 11 is 0. The smallest absolute Gasteiger partial charge is 0.175 e. The molecule has 0 saturated heterocycles. The van der Waals surface area contributed by atoms with Crippen LogP contribution in [0.3, 0.4) is 0 Å². The highest BCUT2D eigenvalue weighted by atomic mass is 32.2. The molecule has 0 aliphatic rings. The van der Waals surface area contributed by atoms with Crippen LogP contribution in [0, 0.1) is 0 Å². The summed E-state index contributed by atoms with van der Waals surface area (Å²) in [5.74, 6) is -1.54. The fraction of sp³-hybridized carbons (Fsp3) is 0. The molecule has 6 heteroatoms. The fourth-order valence-electron chi connectivity index (χ4n) is 0.712. The van der Waals surface area contributed by atoms with E-state index in [1.807, 2.05) is 0 Å². The van der Waals surface area contributed by atoms with Crippen LogP contribution in [0.1, 0.15) is 0 Å². The van der Waals surface area contributed by atoms with E-state index in [1.54, 1.807) is 0 Å². The van der Waals surface area contributed by atoms with Crippen molar-refractivity contribution in [2.45, 2.75) is 4.90 Å². The Kier molecular flexibility index (Phi) is 1.95. The van der Waals surface area contributed by atoms with E-state index in [9.17, 15) is 13.0 Å². The van der Waals surface area contributed by atoms with Crippen LogP contribution in [0.15, 0.2) is 23.1 Å². The highest BCUT2D eigenvalue weighted by Crippen LogP contribution is 2.30. The minimum absolute atomic E-state index is 0.632. The van der Waals surface area contributed by atoms with Gasteiger partial charge in [0.25, 0.3) is 0 Å². The van der Waals surface area contributed by atoms with E-state index in [0.717, 1.165) is 18.2 Å². The number of hydrogen-bond acceptors (Lipinski definition) is 5. The van der Waals surface area contributed by atoms with Gasteiger partial charge in [-0.05, 0) is 12.1 Å². The summed E-state index contributed by atoms with van der Waals surface area (Å²) in [5, 5.41) is 17.7. The number of para-hydroxylation sites is 1. The zero-order chi connectivity index (χ0) is 9.35. The van der Waals surface area contributed by atoms with E-state index >= 15 is 0 Å². The van der Waals surface area contributed by atoms with E-state index in [1.165, 1.54) is 0 Å². The van der Waals surface area contributed by atoms with Gasteiger partial charge >= 0.3 is 0 Å². The van der Waals surface area contributed by atoms with E-state index in [4.69, 9.17) is 10.2 Å². The first-order valence-electron chi connectivity index (χ1n) is 2.90. The molecule has 0 fully saturated rings. The molecular formula is C6H5O5S-. The Bertz CT molecular complexity index is 394. The number of hydrogen-bond donors (Lipinski definition) is 2. The molecule has 0 unspecified atom stereocenters. The van der Waals surface area contributed by atoms with Crippen molar-refractivity contribution in [3.05, 3.63) is 18.2 Å². The Morgan fingerprint density at radius 1 is 1.25 bits per heavy atom. The third-order valence-electron chi connectivity index (χ3n) is 1.25. The van der Waals surface area contributed by atoms with Crippen LogP contribution in [-0.2, 0) is 10.1 Å². The first kappa shape index (κ1) is 8.82. The maximum Gasteiger partial charge on any atom is 0.175 e. The summed E-state index contributed by atoms with van der Waals surface area (Å²) in [4.78, 5) is -0.817. The lowest BCUT2D eigenvalue weighted by atomic mass is 10.3. The third-order valence-corrected chi connectivity index (χ3v) is 2.12. The number of phenolic OH excluding ortho intramolecular Hbond substituents is 2. The van der Waals surface area contributed by atoms with E-state index in [0.29, 0.717) is 0 Å². The monoisotopic (exact) mass is 189 g/mol. The predicted molar refractivity (Wildman–Crippen MR) is 37.7 cm³/mol. The van der Waals surface area contributed by atoms with Crippen molar-refractivity contribution in [3.63, 3.8) is 0 Å². The second kappa shape index (κ2) is 2.65. The van der Waals surface area contributed by atoms with Crippen LogP contribution in [0.5, 0.6) is 11.5 Å². The van der Waals surface area contributed by atoms with Gasteiger partial charge in [-0.3, -0.25) is 0 Å².